The van der Waals surface area contributed by atoms with Crippen LogP contribution in [0.25, 0.3) is 0 Å². The average molecular weight is 210 g/mol. The molecule has 0 saturated carbocycles. The molecule has 2 fully saturated rings. The van der Waals surface area contributed by atoms with Crippen molar-refractivity contribution in [3.63, 3.8) is 0 Å². The van der Waals surface area contributed by atoms with E-state index in [1.165, 1.54) is 12.8 Å². The third kappa shape index (κ3) is 1.84. The Morgan fingerprint density at radius 3 is 1.33 bits per heavy atom. The molecule has 15 heavy (non-hydrogen) atoms. The first-order valence-electron chi connectivity index (χ1n) is 6.37. The minimum absolute atomic E-state index is 0.387. The van der Waals surface area contributed by atoms with E-state index in [1.807, 2.05) is 0 Å². The molecule has 0 amide bonds. The van der Waals surface area contributed by atoms with E-state index in [0.717, 1.165) is 11.8 Å². The minimum atomic E-state index is 0.387. The Morgan fingerprint density at radius 2 is 1.07 bits per heavy atom. The summed E-state index contributed by atoms with van der Waals surface area (Å²) in [6.07, 6.45) is 3.66. The summed E-state index contributed by atoms with van der Waals surface area (Å²) in [5.41, 5.74) is 0.773. The summed E-state index contributed by atoms with van der Waals surface area (Å²) in [5, 5.41) is 0. The molecular formula is C14H26O. The van der Waals surface area contributed by atoms with Gasteiger partial charge in [-0.3, -0.25) is 0 Å². The molecule has 2 saturated heterocycles. The van der Waals surface area contributed by atoms with Gasteiger partial charge in [0.1, 0.15) is 0 Å². The topological polar surface area (TPSA) is 9.23 Å². The normalized spacial score (nSPS) is 41.2. The molecule has 88 valence electrons. The second-order valence-electron chi connectivity index (χ2n) is 7.57. The fraction of sp³-hybridized carbons (Fsp3) is 1.00. The first kappa shape index (κ1) is 11.4. The van der Waals surface area contributed by atoms with E-state index in [-0.39, 0.29) is 0 Å². The highest BCUT2D eigenvalue weighted by molar-refractivity contribution is 5.04. The van der Waals surface area contributed by atoms with E-state index in [4.69, 9.17) is 4.74 Å². The predicted molar refractivity (Wildman–Crippen MR) is 63.8 cm³/mol. The van der Waals surface area contributed by atoms with Crippen LogP contribution in [0.5, 0.6) is 0 Å². The van der Waals surface area contributed by atoms with Gasteiger partial charge >= 0.3 is 0 Å². The lowest BCUT2D eigenvalue weighted by molar-refractivity contribution is 0.0591. The smallest absolute Gasteiger partial charge is 0.0617 e. The molecule has 0 aromatic rings. The summed E-state index contributed by atoms with van der Waals surface area (Å²) in [4.78, 5) is 0. The molecule has 2 rings (SSSR count). The quantitative estimate of drug-likeness (QED) is 0.589. The molecule has 2 bridgehead atoms. The Hall–Kier alpha value is -0.0400. The Kier molecular flexibility index (Phi) is 2.46. The molecule has 2 aliphatic heterocycles. The first-order chi connectivity index (χ1) is 6.71. The summed E-state index contributed by atoms with van der Waals surface area (Å²) in [5.74, 6) is 1.49. The lowest BCUT2D eigenvalue weighted by atomic mass is 9.59. The second kappa shape index (κ2) is 3.23. The maximum Gasteiger partial charge on any atom is 0.0617 e. The van der Waals surface area contributed by atoms with Crippen LogP contribution in [0.15, 0.2) is 0 Å². The van der Waals surface area contributed by atoms with E-state index >= 15 is 0 Å². The Bertz CT molecular complexity index is 217. The zero-order valence-corrected chi connectivity index (χ0v) is 11.1. The molecule has 1 nitrogen and oxygen atoms in total. The summed E-state index contributed by atoms with van der Waals surface area (Å²) in [6, 6.07) is 0. The van der Waals surface area contributed by atoms with Gasteiger partial charge in [-0.15, -0.1) is 0 Å². The molecule has 2 heterocycles. The molecule has 0 aliphatic carbocycles. The molecule has 4 atom stereocenters. The predicted octanol–water partition coefficient (Wildman–Crippen LogP) is 3.87. The second-order valence-corrected chi connectivity index (χ2v) is 7.57. The molecule has 1 heteroatoms. The summed E-state index contributed by atoms with van der Waals surface area (Å²) < 4.78 is 6.15. The summed E-state index contributed by atoms with van der Waals surface area (Å²) in [6.45, 7) is 14.3. The van der Waals surface area contributed by atoms with Gasteiger partial charge in [0.05, 0.1) is 12.2 Å². The van der Waals surface area contributed by atoms with Crippen molar-refractivity contribution in [1.29, 1.82) is 0 Å². The minimum Gasteiger partial charge on any atom is -0.374 e. The van der Waals surface area contributed by atoms with Gasteiger partial charge in [0.25, 0.3) is 0 Å². The number of ether oxygens (including phenoxy) is 1. The molecule has 0 aromatic heterocycles. The SMILES string of the molecule is CC(C)(C)C1C2CCC(O2)C1C(C)(C)C. The van der Waals surface area contributed by atoms with Gasteiger partial charge in [-0.2, -0.15) is 0 Å². The molecule has 0 N–H and O–H groups in total. The third-order valence-corrected chi connectivity index (χ3v) is 4.27. The number of fused-ring (bicyclic) bond motifs is 2. The van der Waals surface area contributed by atoms with E-state index < -0.39 is 0 Å². The maximum absolute atomic E-state index is 6.15. The molecule has 4 unspecified atom stereocenters. The zero-order valence-electron chi connectivity index (χ0n) is 11.1. The Morgan fingerprint density at radius 1 is 0.733 bits per heavy atom. The van der Waals surface area contributed by atoms with Crippen LogP contribution >= 0.6 is 0 Å². The highest BCUT2D eigenvalue weighted by Crippen LogP contribution is 2.56. The standard InChI is InChI=1S/C14H26O/c1-13(2,3)11-9-7-8-10(15-9)12(11)14(4,5)6/h9-12H,7-8H2,1-6H3. The van der Waals surface area contributed by atoms with Crippen molar-refractivity contribution in [3.05, 3.63) is 0 Å². The van der Waals surface area contributed by atoms with Crippen molar-refractivity contribution in [3.8, 4) is 0 Å². The summed E-state index contributed by atoms with van der Waals surface area (Å²) in [7, 11) is 0. The highest BCUT2D eigenvalue weighted by Gasteiger charge is 2.56. The molecule has 2 aliphatic rings. The van der Waals surface area contributed by atoms with Crippen molar-refractivity contribution < 1.29 is 4.74 Å². The van der Waals surface area contributed by atoms with Crippen LogP contribution in [0.4, 0.5) is 0 Å². The van der Waals surface area contributed by atoms with Crippen LogP contribution in [0.1, 0.15) is 54.4 Å². The number of hydrogen-bond donors (Lipinski definition) is 0. The van der Waals surface area contributed by atoms with Crippen molar-refractivity contribution in [2.24, 2.45) is 22.7 Å². The van der Waals surface area contributed by atoms with Gasteiger partial charge in [-0.1, -0.05) is 41.5 Å². The Labute approximate surface area is 94.6 Å². The van der Waals surface area contributed by atoms with Crippen molar-refractivity contribution >= 4 is 0 Å². The number of rotatable bonds is 0. The highest BCUT2D eigenvalue weighted by atomic mass is 16.5. The van der Waals surface area contributed by atoms with Crippen LogP contribution < -0.4 is 0 Å². The molecule has 0 radical (unpaired) electrons. The van der Waals surface area contributed by atoms with Gasteiger partial charge in [0, 0.05) is 0 Å². The maximum atomic E-state index is 6.15. The largest absolute Gasteiger partial charge is 0.374 e. The monoisotopic (exact) mass is 210 g/mol. The lowest BCUT2D eigenvalue weighted by Crippen LogP contribution is -2.42. The van der Waals surface area contributed by atoms with Gasteiger partial charge < -0.3 is 4.74 Å². The van der Waals surface area contributed by atoms with Crippen LogP contribution in [-0.4, -0.2) is 12.2 Å². The van der Waals surface area contributed by atoms with E-state index in [2.05, 4.69) is 41.5 Å². The van der Waals surface area contributed by atoms with Crippen molar-refractivity contribution in [1.82, 2.24) is 0 Å². The molecule has 0 spiro atoms. The number of hydrogen-bond acceptors (Lipinski definition) is 1. The van der Waals surface area contributed by atoms with E-state index in [9.17, 15) is 0 Å². The Balaban J connectivity index is 2.28. The van der Waals surface area contributed by atoms with Crippen molar-refractivity contribution in [2.45, 2.75) is 66.6 Å². The van der Waals surface area contributed by atoms with Gasteiger partial charge in [0.2, 0.25) is 0 Å². The average Bonchev–Trinajstić information content (AvgIpc) is 2.56. The van der Waals surface area contributed by atoms with Crippen molar-refractivity contribution in [2.75, 3.05) is 0 Å². The fourth-order valence-electron chi connectivity index (χ4n) is 3.87. The lowest BCUT2D eigenvalue weighted by Gasteiger charge is -2.44. The van der Waals surface area contributed by atoms with E-state index in [0.29, 0.717) is 23.0 Å². The third-order valence-electron chi connectivity index (χ3n) is 4.27. The van der Waals surface area contributed by atoms with Gasteiger partial charge in [0.15, 0.2) is 0 Å². The fourth-order valence-corrected chi connectivity index (χ4v) is 3.87. The van der Waals surface area contributed by atoms with Crippen LogP contribution in [-0.2, 0) is 4.74 Å². The van der Waals surface area contributed by atoms with Crippen LogP contribution in [0.2, 0.25) is 0 Å². The molecular weight excluding hydrogens is 184 g/mol. The van der Waals surface area contributed by atoms with E-state index in [1.54, 1.807) is 0 Å². The summed E-state index contributed by atoms with van der Waals surface area (Å²) >= 11 is 0. The van der Waals surface area contributed by atoms with Crippen LogP contribution in [0.3, 0.4) is 0 Å². The molecule has 0 aromatic carbocycles. The van der Waals surface area contributed by atoms with Gasteiger partial charge in [-0.25, -0.2) is 0 Å². The van der Waals surface area contributed by atoms with Crippen LogP contribution in [0, 0.1) is 22.7 Å². The van der Waals surface area contributed by atoms with Gasteiger partial charge in [-0.05, 0) is 35.5 Å². The zero-order chi connectivity index (χ0) is 11.4. The first-order valence-corrected chi connectivity index (χ1v) is 6.37.